The summed E-state index contributed by atoms with van der Waals surface area (Å²) in [5.74, 6) is -0.184. The van der Waals surface area contributed by atoms with Gasteiger partial charge in [-0.3, -0.25) is 0 Å². The average molecular weight is 210 g/mol. The Labute approximate surface area is 91.1 Å². The van der Waals surface area contributed by atoms with E-state index < -0.39 is 0 Å². The highest BCUT2D eigenvalue weighted by molar-refractivity contribution is 5.45. The molecule has 84 valence electrons. The van der Waals surface area contributed by atoms with Crippen molar-refractivity contribution in [2.75, 3.05) is 25.5 Å². The van der Waals surface area contributed by atoms with Crippen LogP contribution in [0.1, 0.15) is 13.3 Å². The third-order valence-corrected chi connectivity index (χ3v) is 2.66. The number of nitrogens with zero attached hydrogens (tertiary/aromatic N) is 1. The molecule has 0 aliphatic rings. The van der Waals surface area contributed by atoms with Gasteiger partial charge in [0.05, 0.1) is 0 Å². The number of hydrogen-bond acceptors (Lipinski definition) is 2. The zero-order valence-corrected chi connectivity index (χ0v) is 9.63. The lowest BCUT2D eigenvalue weighted by atomic mass is 10.2. The van der Waals surface area contributed by atoms with E-state index in [1.165, 1.54) is 12.1 Å². The lowest BCUT2D eigenvalue weighted by molar-refractivity contribution is 0.564. The Morgan fingerprint density at radius 1 is 1.33 bits per heavy atom. The SMILES string of the molecule is CNC(C)CCN(C)c1ccc(F)cc1. The number of nitrogens with one attached hydrogen (secondary N) is 1. The number of anilines is 1. The number of benzene rings is 1. The molecule has 0 spiro atoms. The van der Waals surface area contributed by atoms with E-state index in [0.29, 0.717) is 6.04 Å². The van der Waals surface area contributed by atoms with E-state index in [-0.39, 0.29) is 5.82 Å². The van der Waals surface area contributed by atoms with E-state index in [1.54, 1.807) is 12.1 Å². The molecule has 1 rings (SSSR count). The highest BCUT2D eigenvalue weighted by Crippen LogP contribution is 2.13. The van der Waals surface area contributed by atoms with Crippen molar-refractivity contribution >= 4 is 5.69 Å². The summed E-state index contributed by atoms with van der Waals surface area (Å²) in [5, 5.41) is 3.19. The van der Waals surface area contributed by atoms with E-state index in [4.69, 9.17) is 0 Å². The number of hydrogen-bond donors (Lipinski definition) is 1. The Hall–Kier alpha value is -1.09. The van der Waals surface area contributed by atoms with Crippen LogP contribution in [0.4, 0.5) is 10.1 Å². The van der Waals surface area contributed by atoms with Gasteiger partial charge in [0.1, 0.15) is 5.82 Å². The summed E-state index contributed by atoms with van der Waals surface area (Å²) in [4.78, 5) is 2.13. The van der Waals surface area contributed by atoms with E-state index in [1.807, 2.05) is 14.1 Å². The largest absolute Gasteiger partial charge is 0.375 e. The minimum Gasteiger partial charge on any atom is -0.375 e. The molecule has 1 atom stereocenters. The summed E-state index contributed by atoms with van der Waals surface area (Å²) in [6, 6.07) is 7.10. The fraction of sp³-hybridized carbons (Fsp3) is 0.500. The molecule has 0 radical (unpaired) electrons. The molecule has 3 heteroatoms. The second-order valence-electron chi connectivity index (χ2n) is 3.88. The number of rotatable bonds is 5. The Balaban J connectivity index is 2.46. The molecule has 0 saturated heterocycles. The lowest BCUT2D eigenvalue weighted by Gasteiger charge is -2.21. The molecule has 1 aromatic rings. The molecule has 0 amide bonds. The molecule has 15 heavy (non-hydrogen) atoms. The summed E-state index contributed by atoms with van der Waals surface area (Å²) in [5.41, 5.74) is 1.06. The van der Waals surface area contributed by atoms with Crippen LogP contribution in [0.5, 0.6) is 0 Å². The van der Waals surface area contributed by atoms with Gasteiger partial charge in [0.2, 0.25) is 0 Å². The fourth-order valence-electron chi connectivity index (χ4n) is 1.36. The first-order chi connectivity index (χ1) is 7.13. The Kier molecular flexibility index (Phi) is 4.56. The van der Waals surface area contributed by atoms with Gasteiger partial charge in [-0.1, -0.05) is 0 Å². The van der Waals surface area contributed by atoms with E-state index >= 15 is 0 Å². The van der Waals surface area contributed by atoms with Crippen molar-refractivity contribution < 1.29 is 4.39 Å². The molecular formula is C12H19FN2. The van der Waals surface area contributed by atoms with Crippen molar-refractivity contribution in [2.24, 2.45) is 0 Å². The smallest absolute Gasteiger partial charge is 0.123 e. The maximum absolute atomic E-state index is 12.7. The monoisotopic (exact) mass is 210 g/mol. The normalized spacial score (nSPS) is 12.5. The standard InChI is InChI=1S/C12H19FN2/c1-10(14-2)8-9-15(3)12-6-4-11(13)5-7-12/h4-7,10,14H,8-9H2,1-3H3. The van der Waals surface area contributed by atoms with Crippen LogP contribution >= 0.6 is 0 Å². The summed E-state index contributed by atoms with van der Waals surface area (Å²) in [6.45, 7) is 3.12. The van der Waals surface area contributed by atoms with Gasteiger partial charge in [0, 0.05) is 25.3 Å². The second-order valence-corrected chi connectivity index (χ2v) is 3.88. The maximum Gasteiger partial charge on any atom is 0.123 e. The summed E-state index contributed by atoms with van der Waals surface area (Å²) in [6.07, 6.45) is 1.07. The highest BCUT2D eigenvalue weighted by Gasteiger charge is 2.03. The average Bonchev–Trinajstić information content (AvgIpc) is 2.26. The first-order valence-electron chi connectivity index (χ1n) is 5.27. The van der Waals surface area contributed by atoms with Crippen molar-refractivity contribution in [3.63, 3.8) is 0 Å². The molecule has 0 heterocycles. The molecule has 0 bridgehead atoms. The minimum absolute atomic E-state index is 0.184. The molecule has 0 fully saturated rings. The van der Waals surface area contributed by atoms with Gasteiger partial charge in [-0.2, -0.15) is 0 Å². The molecule has 2 nitrogen and oxygen atoms in total. The molecule has 1 N–H and O–H groups in total. The van der Waals surface area contributed by atoms with Crippen LogP contribution in [0, 0.1) is 5.82 Å². The van der Waals surface area contributed by atoms with Crippen LogP contribution in [0.15, 0.2) is 24.3 Å². The first kappa shape index (κ1) is 12.0. The fourth-order valence-corrected chi connectivity index (χ4v) is 1.36. The molecule has 0 aliphatic heterocycles. The van der Waals surface area contributed by atoms with Crippen LogP contribution in [0.2, 0.25) is 0 Å². The van der Waals surface area contributed by atoms with Gasteiger partial charge >= 0.3 is 0 Å². The van der Waals surface area contributed by atoms with Gasteiger partial charge in [0.15, 0.2) is 0 Å². The van der Waals surface area contributed by atoms with Gasteiger partial charge in [0.25, 0.3) is 0 Å². The van der Waals surface area contributed by atoms with Gasteiger partial charge in [-0.05, 0) is 44.7 Å². The molecule has 1 aromatic carbocycles. The first-order valence-corrected chi connectivity index (χ1v) is 5.27. The van der Waals surface area contributed by atoms with Gasteiger partial charge in [-0.25, -0.2) is 4.39 Å². The Bertz CT molecular complexity index is 284. The Morgan fingerprint density at radius 3 is 2.47 bits per heavy atom. The van der Waals surface area contributed by atoms with E-state index in [0.717, 1.165) is 18.7 Å². The quantitative estimate of drug-likeness (QED) is 0.802. The maximum atomic E-state index is 12.7. The predicted molar refractivity (Wildman–Crippen MR) is 62.8 cm³/mol. The molecule has 1 unspecified atom stereocenters. The minimum atomic E-state index is -0.184. The summed E-state index contributed by atoms with van der Waals surface area (Å²) in [7, 11) is 3.98. The van der Waals surface area contributed by atoms with Crippen LogP contribution in [0.25, 0.3) is 0 Å². The molecular weight excluding hydrogens is 191 g/mol. The van der Waals surface area contributed by atoms with E-state index in [2.05, 4.69) is 17.1 Å². The Morgan fingerprint density at radius 2 is 1.93 bits per heavy atom. The summed E-state index contributed by atoms with van der Waals surface area (Å²) < 4.78 is 12.7. The molecule has 0 aliphatic carbocycles. The number of halogens is 1. The molecule has 0 saturated carbocycles. The van der Waals surface area contributed by atoms with Gasteiger partial charge in [-0.15, -0.1) is 0 Å². The van der Waals surface area contributed by atoms with Crippen molar-refractivity contribution in [3.05, 3.63) is 30.1 Å². The van der Waals surface area contributed by atoms with Crippen LogP contribution < -0.4 is 10.2 Å². The lowest BCUT2D eigenvalue weighted by Crippen LogP contribution is -2.28. The topological polar surface area (TPSA) is 15.3 Å². The summed E-state index contributed by atoms with van der Waals surface area (Å²) >= 11 is 0. The highest BCUT2D eigenvalue weighted by atomic mass is 19.1. The van der Waals surface area contributed by atoms with Crippen molar-refractivity contribution in [1.82, 2.24) is 5.32 Å². The van der Waals surface area contributed by atoms with Crippen molar-refractivity contribution in [2.45, 2.75) is 19.4 Å². The second kappa shape index (κ2) is 5.71. The zero-order chi connectivity index (χ0) is 11.3. The van der Waals surface area contributed by atoms with Crippen LogP contribution in [-0.2, 0) is 0 Å². The zero-order valence-electron chi connectivity index (χ0n) is 9.63. The van der Waals surface area contributed by atoms with E-state index in [9.17, 15) is 4.39 Å². The van der Waals surface area contributed by atoms with Crippen LogP contribution in [0.3, 0.4) is 0 Å². The predicted octanol–water partition coefficient (Wildman–Crippen LogP) is 2.26. The molecule has 0 aromatic heterocycles. The van der Waals surface area contributed by atoms with Gasteiger partial charge < -0.3 is 10.2 Å². The third-order valence-electron chi connectivity index (χ3n) is 2.66. The van der Waals surface area contributed by atoms with Crippen LogP contribution in [-0.4, -0.2) is 26.7 Å². The third kappa shape index (κ3) is 3.88. The van der Waals surface area contributed by atoms with Crippen molar-refractivity contribution in [1.29, 1.82) is 0 Å². The van der Waals surface area contributed by atoms with Crippen molar-refractivity contribution in [3.8, 4) is 0 Å².